The van der Waals surface area contributed by atoms with Crippen molar-refractivity contribution in [2.45, 2.75) is 17.7 Å². The Morgan fingerprint density at radius 3 is 2.50 bits per heavy atom. The predicted molar refractivity (Wildman–Crippen MR) is 98.9 cm³/mol. The summed E-state index contributed by atoms with van der Waals surface area (Å²) >= 11 is 16.2. The molecule has 4 nitrogen and oxygen atoms in total. The van der Waals surface area contributed by atoms with Crippen molar-refractivity contribution in [3.8, 4) is 11.5 Å². The van der Waals surface area contributed by atoms with Crippen LogP contribution in [-0.4, -0.2) is 24.2 Å². The van der Waals surface area contributed by atoms with E-state index in [-0.39, 0.29) is 21.7 Å². The van der Waals surface area contributed by atoms with Gasteiger partial charge in [-0.25, -0.2) is 0 Å². The molecule has 0 saturated heterocycles. The number of carbonyl (C=O) groups excluding carboxylic acids is 1. The third-order valence-corrected chi connectivity index (χ3v) is 4.19. The molecule has 0 atom stereocenters. The fraction of sp³-hybridized carbons (Fsp3) is 0.235. The van der Waals surface area contributed by atoms with E-state index in [0.29, 0.717) is 29.4 Å². The third kappa shape index (κ3) is 5.23. The van der Waals surface area contributed by atoms with Gasteiger partial charge in [-0.1, -0.05) is 35.3 Å². The predicted octanol–water partition coefficient (Wildman–Crippen LogP) is 4.58. The summed E-state index contributed by atoms with van der Waals surface area (Å²) in [6, 6.07) is 9.88. The van der Waals surface area contributed by atoms with E-state index in [0.717, 1.165) is 12.8 Å². The molecule has 0 bridgehead atoms. The standard InChI is InChI=1S/C17H17Cl2NO3S/c18-13-9-11(21)10-14(19)16(13)23-8-4-3-7-20-17(22)12-5-1-2-6-15(12)24/h1-2,5-6,9-10,21,24H,3-4,7-8H2,(H,20,22). The van der Waals surface area contributed by atoms with Crippen molar-refractivity contribution in [3.63, 3.8) is 0 Å². The number of rotatable bonds is 7. The van der Waals surface area contributed by atoms with Gasteiger partial charge in [0.05, 0.1) is 22.2 Å². The van der Waals surface area contributed by atoms with Crippen LogP contribution >= 0.6 is 35.8 Å². The van der Waals surface area contributed by atoms with Gasteiger partial charge in [0, 0.05) is 23.6 Å². The van der Waals surface area contributed by atoms with E-state index < -0.39 is 0 Å². The summed E-state index contributed by atoms with van der Waals surface area (Å²) < 4.78 is 5.53. The van der Waals surface area contributed by atoms with E-state index in [2.05, 4.69) is 17.9 Å². The molecular formula is C17H17Cl2NO3S. The Morgan fingerprint density at radius 1 is 1.17 bits per heavy atom. The highest BCUT2D eigenvalue weighted by Crippen LogP contribution is 2.36. The van der Waals surface area contributed by atoms with Crippen molar-refractivity contribution in [2.75, 3.05) is 13.2 Å². The number of halogens is 2. The fourth-order valence-corrected chi connectivity index (χ4v) is 2.90. The number of benzene rings is 2. The first kappa shape index (κ1) is 18.8. The van der Waals surface area contributed by atoms with Crippen LogP contribution in [0, 0.1) is 0 Å². The molecule has 128 valence electrons. The maximum Gasteiger partial charge on any atom is 0.252 e. The molecule has 1 amide bonds. The second-order valence-corrected chi connectivity index (χ2v) is 6.36. The average molecular weight is 386 g/mol. The summed E-state index contributed by atoms with van der Waals surface area (Å²) in [5.74, 6) is 0.194. The van der Waals surface area contributed by atoms with E-state index in [1.165, 1.54) is 12.1 Å². The Balaban J connectivity index is 1.71. The lowest BCUT2D eigenvalue weighted by molar-refractivity contribution is 0.0949. The van der Waals surface area contributed by atoms with Gasteiger partial charge in [-0.3, -0.25) is 4.79 Å². The largest absolute Gasteiger partial charge is 0.508 e. The van der Waals surface area contributed by atoms with Gasteiger partial charge in [0.25, 0.3) is 5.91 Å². The molecule has 0 aliphatic rings. The maximum absolute atomic E-state index is 12.0. The molecule has 0 aliphatic carbocycles. The van der Waals surface area contributed by atoms with Gasteiger partial charge in [-0.2, -0.15) is 0 Å². The first-order valence-corrected chi connectivity index (χ1v) is 8.56. The molecule has 0 unspecified atom stereocenters. The Morgan fingerprint density at radius 2 is 1.83 bits per heavy atom. The molecule has 0 radical (unpaired) electrons. The number of phenolic OH excluding ortho intramolecular Hbond substituents is 1. The SMILES string of the molecule is O=C(NCCCCOc1c(Cl)cc(O)cc1Cl)c1ccccc1S. The number of amides is 1. The molecule has 0 saturated carbocycles. The van der Waals surface area contributed by atoms with Gasteiger partial charge in [0.2, 0.25) is 0 Å². The zero-order valence-corrected chi connectivity index (χ0v) is 15.2. The van der Waals surface area contributed by atoms with E-state index in [1.54, 1.807) is 18.2 Å². The molecule has 2 aromatic carbocycles. The summed E-state index contributed by atoms with van der Waals surface area (Å²) in [4.78, 5) is 12.6. The number of hydrogen-bond donors (Lipinski definition) is 3. The van der Waals surface area contributed by atoms with Crippen molar-refractivity contribution in [2.24, 2.45) is 0 Å². The minimum absolute atomic E-state index is 0.00969. The van der Waals surface area contributed by atoms with Crippen molar-refractivity contribution in [1.82, 2.24) is 5.32 Å². The minimum atomic E-state index is -0.147. The van der Waals surface area contributed by atoms with Crippen LogP contribution in [0.1, 0.15) is 23.2 Å². The monoisotopic (exact) mass is 385 g/mol. The molecule has 7 heteroatoms. The third-order valence-electron chi connectivity index (χ3n) is 3.23. The molecular weight excluding hydrogens is 369 g/mol. The van der Waals surface area contributed by atoms with E-state index in [9.17, 15) is 9.90 Å². The van der Waals surface area contributed by atoms with Crippen LogP contribution in [-0.2, 0) is 0 Å². The van der Waals surface area contributed by atoms with Gasteiger partial charge in [0.1, 0.15) is 5.75 Å². The highest BCUT2D eigenvalue weighted by Gasteiger charge is 2.10. The van der Waals surface area contributed by atoms with E-state index in [1.807, 2.05) is 6.07 Å². The first-order chi connectivity index (χ1) is 11.5. The molecule has 0 aliphatic heterocycles. The van der Waals surface area contributed by atoms with Gasteiger partial charge in [0.15, 0.2) is 5.75 Å². The Hall–Kier alpha value is -1.56. The van der Waals surface area contributed by atoms with Crippen molar-refractivity contribution in [3.05, 3.63) is 52.0 Å². The molecule has 0 spiro atoms. The Labute approximate surface area is 156 Å². The zero-order valence-electron chi connectivity index (χ0n) is 12.8. The maximum atomic E-state index is 12.0. The molecule has 0 fully saturated rings. The molecule has 2 N–H and O–H groups in total. The van der Waals surface area contributed by atoms with Crippen LogP contribution in [0.3, 0.4) is 0 Å². The van der Waals surface area contributed by atoms with Crippen molar-refractivity contribution in [1.29, 1.82) is 0 Å². The van der Waals surface area contributed by atoms with Gasteiger partial charge in [-0.15, -0.1) is 12.6 Å². The molecule has 2 aromatic rings. The number of aromatic hydroxyl groups is 1. The highest BCUT2D eigenvalue weighted by atomic mass is 35.5. The second-order valence-electron chi connectivity index (χ2n) is 5.07. The quantitative estimate of drug-likeness (QED) is 0.482. The highest BCUT2D eigenvalue weighted by molar-refractivity contribution is 7.80. The lowest BCUT2D eigenvalue weighted by atomic mass is 10.2. The Bertz CT molecular complexity index is 702. The number of nitrogens with one attached hydrogen (secondary N) is 1. The second kappa shape index (κ2) is 9.06. The van der Waals surface area contributed by atoms with Crippen LogP contribution in [0.2, 0.25) is 10.0 Å². The van der Waals surface area contributed by atoms with Crippen molar-refractivity contribution < 1.29 is 14.6 Å². The number of thiol groups is 1. The summed E-state index contributed by atoms with van der Waals surface area (Å²) in [5.41, 5.74) is 0.555. The first-order valence-electron chi connectivity index (χ1n) is 7.36. The van der Waals surface area contributed by atoms with Crippen molar-refractivity contribution >= 4 is 41.7 Å². The van der Waals surface area contributed by atoms with E-state index in [4.69, 9.17) is 27.9 Å². The normalized spacial score (nSPS) is 10.5. The van der Waals surface area contributed by atoms with Crippen LogP contribution < -0.4 is 10.1 Å². The fourth-order valence-electron chi connectivity index (χ4n) is 2.05. The lowest BCUT2D eigenvalue weighted by Crippen LogP contribution is -2.25. The molecule has 0 aromatic heterocycles. The van der Waals surface area contributed by atoms with Gasteiger partial charge >= 0.3 is 0 Å². The summed E-state index contributed by atoms with van der Waals surface area (Å²) in [6.45, 7) is 0.935. The number of ether oxygens (including phenoxy) is 1. The van der Waals surface area contributed by atoms with Crippen LogP contribution in [0.25, 0.3) is 0 Å². The molecule has 2 rings (SSSR count). The molecule has 24 heavy (non-hydrogen) atoms. The summed E-state index contributed by atoms with van der Waals surface area (Å²) in [5, 5.41) is 12.7. The van der Waals surface area contributed by atoms with Gasteiger partial charge in [-0.05, 0) is 25.0 Å². The van der Waals surface area contributed by atoms with Crippen LogP contribution in [0.4, 0.5) is 0 Å². The van der Waals surface area contributed by atoms with Crippen LogP contribution in [0.5, 0.6) is 11.5 Å². The van der Waals surface area contributed by atoms with E-state index >= 15 is 0 Å². The van der Waals surface area contributed by atoms with Gasteiger partial charge < -0.3 is 15.2 Å². The molecule has 0 heterocycles. The summed E-state index contributed by atoms with van der Waals surface area (Å²) in [7, 11) is 0. The summed E-state index contributed by atoms with van der Waals surface area (Å²) in [6.07, 6.45) is 1.46. The number of hydrogen-bond acceptors (Lipinski definition) is 4. The number of phenols is 1. The minimum Gasteiger partial charge on any atom is -0.508 e. The zero-order chi connectivity index (χ0) is 17.5. The smallest absolute Gasteiger partial charge is 0.252 e. The number of carbonyl (C=O) groups is 1. The topological polar surface area (TPSA) is 58.6 Å². The number of unbranched alkanes of at least 4 members (excludes halogenated alkanes) is 1. The lowest BCUT2D eigenvalue weighted by Gasteiger charge is -2.11. The Kier molecular flexibility index (Phi) is 7.09. The average Bonchev–Trinajstić information content (AvgIpc) is 2.52. The van der Waals surface area contributed by atoms with Crippen LogP contribution in [0.15, 0.2) is 41.3 Å².